The van der Waals surface area contributed by atoms with Gasteiger partial charge in [0.15, 0.2) is 0 Å². The Hall–Kier alpha value is -0.340. The number of rotatable bonds is 7. The first-order valence-corrected chi connectivity index (χ1v) is 5.74. The first-order valence-electron chi connectivity index (χ1n) is 5.74. The van der Waals surface area contributed by atoms with E-state index in [1.807, 2.05) is 6.08 Å². The van der Waals surface area contributed by atoms with Crippen LogP contribution < -0.4 is 5.73 Å². The fourth-order valence-electron chi connectivity index (χ4n) is 2.12. The molecule has 2 heteroatoms. The molecule has 2 N–H and O–H groups in total. The standard InChI is InChI=1S/C12H23NO/c1-3-5-6-11(13)7-10-8-12(9-10)14-4-2/h3,10-12H,1,4-9,13H2,2H3. The maximum atomic E-state index is 6.00. The number of hydrogen-bond donors (Lipinski definition) is 1. The van der Waals surface area contributed by atoms with Crippen molar-refractivity contribution in [1.82, 2.24) is 0 Å². The second kappa shape index (κ2) is 6.20. The quantitative estimate of drug-likeness (QED) is 0.636. The molecule has 1 atom stereocenters. The van der Waals surface area contributed by atoms with E-state index in [1.165, 1.54) is 12.8 Å². The first-order chi connectivity index (χ1) is 6.76. The lowest BCUT2D eigenvalue weighted by atomic mass is 9.78. The summed E-state index contributed by atoms with van der Waals surface area (Å²) in [6, 6.07) is 0.362. The third kappa shape index (κ3) is 3.81. The van der Waals surface area contributed by atoms with Crippen LogP contribution in [0.5, 0.6) is 0 Å². The molecule has 1 rings (SSSR count). The zero-order valence-electron chi connectivity index (χ0n) is 9.24. The molecule has 0 spiro atoms. The Labute approximate surface area is 87.5 Å². The Balaban J connectivity index is 2.01. The minimum Gasteiger partial charge on any atom is -0.378 e. The van der Waals surface area contributed by atoms with Crippen LogP contribution in [0, 0.1) is 5.92 Å². The van der Waals surface area contributed by atoms with Crippen LogP contribution in [0.1, 0.15) is 39.0 Å². The minimum absolute atomic E-state index is 0.362. The number of hydrogen-bond acceptors (Lipinski definition) is 2. The molecule has 0 aromatic heterocycles. The van der Waals surface area contributed by atoms with Gasteiger partial charge in [-0.1, -0.05) is 6.08 Å². The van der Waals surface area contributed by atoms with E-state index in [-0.39, 0.29) is 0 Å². The van der Waals surface area contributed by atoms with Gasteiger partial charge in [0.25, 0.3) is 0 Å². The Morgan fingerprint density at radius 1 is 1.57 bits per heavy atom. The van der Waals surface area contributed by atoms with Crippen LogP contribution in [0.15, 0.2) is 12.7 Å². The lowest BCUT2D eigenvalue weighted by molar-refractivity contribution is -0.0282. The largest absolute Gasteiger partial charge is 0.378 e. The highest BCUT2D eigenvalue weighted by molar-refractivity contribution is 4.84. The van der Waals surface area contributed by atoms with Gasteiger partial charge in [0, 0.05) is 12.6 Å². The van der Waals surface area contributed by atoms with Gasteiger partial charge in [-0.25, -0.2) is 0 Å². The van der Waals surface area contributed by atoms with Crippen LogP contribution >= 0.6 is 0 Å². The number of nitrogens with two attached hydrogens (primary N) is 1. The second-order valence-corrected chi connectivity index (χ2v) is 4.28. The topological polar surface area (TPSA) is 35.2 Å². The van der Waals surface area contributed by atoms with Crippen molar-refractivity contribution in [3.63, 3.8) is 0 Å². The van der Waals surface area contributed by atoms with E-state index in [0.717, 1.165) is 31.8 Å². The van der Waals surface area contributed by atoms with Gasteiger partial charge in [-0.2, -0.15) is 0 Å². The van der Waals surface area contributed by atoms with Crippen LogP contribution in [-0.4, -0.2) is 18.8 Å². The third-order valence-corrected chi connectivity index (χ3v) is 2.97. The zero-order valence-corrected chi connectivity index (χ0v) is 9.24. The van der Waals surface area contributed by atoms with Gasteiger partial charge in [0.05, 0.1) is 6.10 Å². The number of allylic oxidation sites excluding steroid dienone is 1. The molecule has 1 saturated carbocycles. The van der Waals surface area contributed by atoms with Gasteiger partial charge in [-0.05, 0) is 44.9 Å². The molecule has 1 fully saturated rings. The average molecular weight is 197 g/mol. The molecule has 1 aliphatic rings. The molecule has 0 aromatic carbocycles. The Morgan fingerprint density at radius 3 is 2.86 bits per heavy atom. The fourth-order valence-corrected chi connectivity index (χ4v) is 2.12. The van der Waals surface area contributed by atoms with Gasteiger partial charge in [0.1, 0.15) is 0 Å². The molecular weight excluding hydrogens is 174 g/mol. The minimum atomic E-state index is 0.362. The summed E-state index contributed by atoms with van der Waals surface area (Å²) >= 11 is 0. The molecule has 0 amide bonds. The molecule has 0 heterocycles. The molecule has 2 nitrogen and oxygen atoms in total. The monoisotopic (exact) mass is 197 g/mol. The third-order valence-electron chi connectivity index (χ3n) is 2.97. The summed E-state index contributed by atoms with van der Waals surface area (Å²) in [5, 5.41) is 0. The maximum Gasteiger partial charge on any atom is 0.0580 e. The van der Waals surface area contributed by atoms with Crippen LogP contribution in [0.2, 0.25) is 0 Å². The van der Waals surface area contributed by atoms with E-state index in [2.05, 4.69) is 13.5 Å². The lowest BCUT2D eigenvalue weighted by Gasteiger charge is -2.36. The summed E-state index contributed by atoms with van der Waals surface area (Å²) in [6.07, 6.45) is 8.20. The SMILES string of the molecule is C=CCCC(N)CC1CC(OCC)C1. The van der Waals surface area contributed by atoms with Crippen LogP contribution in [-0.2, 0) is 4.74 Å². The highest BCUT2D eigenvalue weighted by Gasteiger charge is 2.30. The van der Waals surface area contributed by atoms with Crippen molar-refractivity contribution >= 4 is 0 Å². The molecular formula is C12H23NO. The molecule has 0 aliphatic heterocycles. The molecule has 0 saturated heterocycles. The Morgan fingerprint density at radius 2 is 2.29 bits per heavy atom. The summed E-state index contributed by atoms with van der Waals surface area (Å²) in [7, 11) is 0. The molecule has 1 unspecified atom stereocenters. The first kappa shape index (κ1) is 11.7. The van der Waals surface area contributed by atoms with Gasteiger partial charge in [-0.3, -0.25) is 0 Å². The fraction of sp³-hybridized carbons (Fsp3) is 0.833. The van der Waals surface area contributed by atoms with E-state index in [0.29, 0.717) is 12.1 Å². The molecule has 0 radical (unpaired) electrons. The molecule has 0 bridgehead atoms. The van der Waals surface area contributed by atoms with Crippen molar-refractivity contribution in [3.05, 3.63) is 12.7 Å². The summed E-state index contributed by atoms with van der Waals surface area (Å²) in [5.41, 5.74) is 6.00. The van der Waals surface area contributed by atoms with Crippen molar-refractivity contribution in [3.8, 4) is 0 Å². The average Bonchev–Trinajstić information content (AvgIpc) is 2.11. The molecule has 82 valence electrons. The summed E-state index contributed by atoms with van der Waals surface area (Å²) in [4.78, 5) is 0. The smallest absolute Gasteiger partial charge is 0.0580 e. The second-order valence-electron chi connectivity index (χ2n) is 4.28. The van der Waals surface area contributed by atoms with Crippen LogP contribution in [0.4, 0.5) is 0 Å². The Kier molecular flexibility index (Phi) is 5.20. The van der Waals surface area contributed by atoms with Crippen LogP contribution in [0.3, 0.4) is 0 Å². The normalized spacial score (nSPS) is 28.1. The summed E-state index contributed by atoms with van der Waals surface area (Å²) in [5.74, 6) is 0.811. The highest BCUT2D eigenvalue weighted by Crippen LogP contribution is 2.33. The van der Waals surface area contributed by atoms with E-state index in [4.69, 9.17) is 10.5 Å². The van der Waals surface area contributed by atoms with E-state index in [1.54, 1.807) is 0 Å². The summed E-state index contributed by atoms with van der Waals surface area (Å²) < 4.78 is 5.51. The maximum absolute atomic E-state index is 6.00. The van der Waals surface area contributed by atoms with Crippen molar-refractivity contribution in [2.24, 2.45) is 11.7 Å². The van der Waals surface area contributed by atoms with E-state index >= 15 is 0 Å². The van der Waals surface area contributed by atoms with Crippen molar-refractivity contribution < 1.29 is 4.74 Å². The zero-order chi connectivity index (χ0) is 10.4. The van der Waals surface area contributed by atoms with E-state index < -0.39 is 0 Å². The molecule has 0 aromatic rings. The van der Waals surface area contributed by atoms with Crippen molar-refractivity contribution in [2.45, 2.75) is 51.2 Å². The molecule has 1 aliphatic carbocycles. The van der Waals surface area contributed by atoms with Crippen molar-refractivity contribution in [2.75, 3.05) is 6.61 Å². The lowest BCUT2D eigenvalue weighted by Crippen LogP contribution is -2.35. The van der Waals surface area contributed by atoms with Gasteiger partial charge in [0.2, 0.25) is 0 Å². The van der Waals surface area contributed by atoms with Crippen LogP contribution in [0.25, 0.3) is 0 Å². The highest BCUT2D eigenvalue weighted by atomic mass is 16.5. The van der Waals surface area contributed by atoms with Gasteiger partial charge >= 0.3 is 0 Å². The van der Waals surface area contributed by atoms with Gasteiger partial charge in [-0.15, -0.1) is 6.58 Å². The number of ether oxygens (including phenoxy) is 1. The predicted octanol–water partition coefficient (Wildman–Crippen LogP) is 2.49. The predicted molar refractivity (Wildman–Crippen MR) is 60.2 cm³/mol. The van der Waals surface area contributed by atoms with E-state index in [9.17, 15) is 0 Å². The molecule has 14 heavy (non-hydrogen) atoms. The van der Waals surface area contributed by atoms with Gasteiger partial charge < -0.3 is 10.5 Å². The summed E-state index contributed by atoms with van der Waals surface area (Å²) in [6.45, 7) is 6.61. The Bertz CT molecular complexity index is 164. The van der Waals surface area contributed by atoms with Crippen molar-refractivity contribution in [1.29, 1.82) is 0 Å².